The van der Waals surface area contributed by atoms with Gasteiger partial charge in [-0.25, -0.2) is 0 Å². The molecule has 2 aromatic carbocycles. The second kappa shape index (κ2) is 5.71. The van der Waals surface area contributed by atoms with Crippen LogP contribution in [0.3, 0.4) is 0 Å². The minimum atomic E-state index is 0.202. The van der Waals surface area contributed by atoms with Crippen molar-refractivity contribution in [3.05, 3.63) is 63.6 Å². The van der Waals surface area contributed by atoms with Gasteiger partial charge in [-0.1, -0.05) is 45.8 Å². The molecule has 114 valence electrons. The highest BCUT2D eigenvalue weighted by molar-refractivity contribution is 9.10. The van der Waals surface area contributed by atoms with Crippen molar-refractivity contribution in [2.75, 3.05) is 11.9 Å². The van der Waals surface area contributed by atoms with Gasteiger partial charge in [-0.3, -0.25) is 0 Å². The third-order valence-corrected chi connectivity index (χ3v) is 5.32. The molecular weight excluding hydrogens is 338 g/mol. The second-order valence-corrected chi connectivity index (χ2v) is 7.28. The van der Waals surface area contributed by atoms with Crippen LogP contribution in [-0.2, 0) is 4.74 Å². The summed E-state index contributed by atoms with van der Waals surface area (Å²) in [7, 11) is 0. The quantitative estimate of drug-likeness (QED) is 0.738. The van der Waals surface area contributed by atoms with E-state index < -0.39 is 0 Å². The maximum Gasteiger partial charge on any atom is 0.0896 e. The number of halogens is 1. The maximum absolute atomic E-state index is 6.18. The van der Waals surface area contributed by atoms with Crippen molar-refractivity contribution in [1.29, 1.82) is 0 Å². The second-order valence-electron chi connectivity index (χ2n) is 6.37. The van der Waals surface area contributed by atoms with E-state index in [2.05, 4.69) is 70.6 Å². The average Bonchev–Trinajstić information content (AvgIpc) is 2.54. The first-order valence-electron chi connectivity index (χ1n) is 7.96. The minimum absolute atomic E-state index is 0.202. The van der Waals surface area contributed by atoms with E-state index in [1.165, 1.54) is 28.8 Å². The predicted octanol–water partition coefficient (Wildman–Crippen LogP) is 5.39. The van der Waals surface area contributed by atoms with E-state index in [0.717, 1.165) is 17.5 Å². The molecule has 0 aliphatic carbocycles. The van der Waals surface area contributed by atoms with E-state index in [4.69, 9.17) is 4.74 Å². The van der Waals surface area contributed by atoms with Crippen LogP contribution in [0.4, 0.5) is 5.69 Å². The van der Waals surface area contributed by atoms with Gasteiger partial charge < -0.3 is 10.1 Å². The zero-order chi connectivity index (χ0) is 15.1. The molecule has 0 spiro atoms. The van der Waals surface area contributed by atoms with E-state index >= 15 is 0 Å². The molecule has 2 heterocycles. The van der Waals surface area contributed by atoms with Crippen molar-refractivity contribution >= 4 is 21.6 Å². The van der Waals surface area contributed by atoms with Crippen LogP contribution in [-0.4, -0.2) is 6.61 Å². The molecule has 0 aromatic heterocycles. The molecule has 0 saturated carbocycles. The van der Waals surface area contributed by atoms with Gasteiger partial charge in [0.2, 0.25) is 0 Å². The van der Waals surface area contributed by atoms with Crippen LogP contribution in [0.5, 0.6) is 0 Å². The van der Waals surface area contributed by atoms with E-state index in [9.17, 15) is 0 Å². The molecule has 2 aliphatic heterocycles. The summed E-state index contributed by atoms with van der Waals surface area (Å²) in [4.78, 5) is 0. The molecule has 1 saturated heterocycles. The monoisotopic (exact) mass is 357 g/mol. The van der Waals surface area contributed by atoms with Crippen LogP contribution in [0.25, 0.3) is 0 Å². The van der Waals surface area contributed by atoms with Crippen LogP contribution in [0, 0.1) is 12.8 Å². The van der Waals surface area contributed by atoms with Gasteiger partial charge in [-0.2, -0.15) is 0 Å². The highest BCUT2D eigenvalue weighted by atomic mass is 79.9. The fourth-order valence-electron chi connectivity index (χ4n) is 3.84. The number of hydrogen-bond acceptors (Lipinski definition) is 2. The molecule has 3 atom stereocenters. The molecule has 22 heavy (non-hydrogen) atoms. The summed E-state index contributed by atoms with van der Waals surface area (Å²) < 4.78 is 7.30. The van der Waals surface area contributed by atoms with Crippen molar-refractivity contribution in [2.24, 2.45) is 5.92 Å². The smallest absolute Gasteiger partial charge is 0.0896 e. The van der Waals surface area contributed by atoms with E-state index in [0.29, 0.717) is 12.0 Å². The molecule has 3 heteroatoms. The van der Waals surface area contributed by atoms with E-state index in [1.807, 2.05) is 0 Å². The van der Waals surface area contributed by atoms with Gasteiger partial charge in [0.05, 0.1) is 12.1 Å². The largest absolute Gasteiger partial charge is 0.378 e. The van der Waals surface area contributed by atoms with Crippen molar-refractivity contribution in [3.8, 4) is 0 Å². The first kappa shape index (κ1) is 14.3. The summed E-state index contributed by atoms with van der Waals surface area (Å²) in [5, 5.41) is 3.77. The lowest BCUT2D eigenvalue weighted by atomic mass is 9.77. The lowest BCUT2D eigenvalue weighted by Gasteiger charge is -2.43. The van der Waals surface area contributed by atoms with Crippen LogP contribution < -0.4 is 5.32 Å². The molecule has 0 amide bonds. The maximum atomic E-state index is 6.18. The predicted molar refractivity (Wildman–Crippen MR) is 93.1 cm³/mol. The number of hydrogen-bond donors (Lipinski definition) is 1. The zero-order valence-electron chi connectivity index (χ0n) is 12.7. The van der Waals surface area contributed by atoms with Crippen LogP contribution in [0.15, 0.2) is 46.9 Å². The molecule has 1 N–H and O–H groups in total. The fourth-order valence-corrected chi connectivity index (χ4v) is 4.21. The summed E-state index contributed by atoms with van der Waals surface area (Å²) in [5.74, 6) is 0.498. The minimum Gasteiger partial charge on any atom is -0.378 e. The van der Waals surface area contributed by atoms with Gasteiger partial charge in [0.1, 0.15) is 0 Å². The fraction of sp³-hybridized carbons (Fsp3) is 0.368. The topological polar surface area (TPSA) is 21.3 Å². The Hall–Kier alpha value is -1.32. The molecule has 2 aliphatic rings. The summed E-state index contributed by atoms with van der Waals surface area (Å²) in [5.41, 5.74) is 5.18. The summed E-state index contributed by atoms with van der Waals surface area (Å²) in [6.07, 6.45) is 2.56. The van der Waals surface area contributed by atoms with Gasteiger partial charge in [0.25, 0.3) is 0 Å². The molecule has 4 rings (SSSR count). The van der Waals surface area contributed by atoms with Crippen molar-refractivity contribution < 1.29 is 4.74 Å². The van der Waals surface area contributed by atoms with Gasteiger partial charge in [-0.05, 0) is 43.5 Å². The third kappa shape index (κ3) is 2.46. The van der Waals surface area contributed by atoms with Crippen LogP contribution >= 0.6 is 15.9 Å². The number of rotatable bonds is 1. The zero-order valence-corrected chi connectivity index (χ0v) is 14.3. The molecule has 1 fully saturated rings. The number of aryl methyl sites for hydroxylation is 1. The molecule has 0 unspecified atom stereocenters. The number of nitrogens with one attached hydrogen (secondary N) is 1. The number of anilines is 1. The number of benzene rings is 2. The summed E-state index contributed by atoms with van der Waals surface area (Å²) in [6, 6.07) is 15.6. The average molecular weight is 358 g/mol. The molecule has 2 nitrogen and oxygen atoms in total. The van der Waals surface area contributed by atoms with Crippen LogP contribution in [0.2, 0.25) is 0 Å². The van der Waals surface area contributed by atoms with Gasteiger partial charge >= 0.3 is 0 Å². The van der Waals surface area contributed by atoms with Gasteiger partial charge in [-0.15, -0.1) is 0 Å². The lowest BCUT2D eigenvalue weighted by Crippen LogP contribution is -2.36. The molecule has 0 radical (unpaired) electrons. The van der Waals surface area contributed by atoms with E-state index in [-0.39, 0.29) is 6.10 Å². The molecule has 2 aromatic rings. The standard InChI is InChI=1S/C19H20BrNO/c1-12-4-2-5-13(10-12)18-15-6-3-9-22-19(15)16-11-14(20)7-8-17(16)21-18/h2,4-5,7-8,10-11,15,18-19,21H,3,6,9H2,1H3/t15-,18-,19-/m0/s1. The number of fused-ring (bicyclic) bond motifs is 3. The van der Waals surface area contributed by atoms with Gasteiger partial charge in [0, 0.05) is 28.2 Å². The Bertz CT molecular complexity index is 700. The highest BCUT2D eigenvalue weighted by Crippen LogP contribution is 2.49. The summed E-state index contributed by atoms with van der Waals surface area (Å²) >= 11 is 3.59. The SMILES string of the molecule is Cc1cccc([C@@H]2Nc3ccc(Br)cc3[C@H]3OCCC[C@H]32)c1. The first-order valence-corrected chi connectivity index (χ1v) is 8.76. The van der Waals surface area contributed by atoms with Crippen LogP contribution in [0.1, 0.15) is 41.7 Å². The first-order chi connectivity index (χ1) is 10.7. The van der Waals surface area contributed by atoms with E-state index in [1.54, 1.807) is 0 Å². The van der Waals surface area contributed by atoms with Crippen molar-refractivity contribution in [2.45, 2.75) is 31.9 Å². The Morgan fingerprint density at radius 1 is 1.18 bits per heavy atom. The lowest BCUT2D eigenvalue weighted by molar-refractivity contribution is -0.0381. The Labute approximate surface area is 140 Å². The summed E-state index contributed by atoms with van der Waals surface area (Å²) in [6.45, 7) is 3.03. The number of ether oxygens (including phenoxy) is 1. The Kier molecular flexibility index (Phi) is 3.71. The van der Waals surface area contributed by atoms with Crippen molar-refractivity contribution in [3.63, 3.8) is 0 Å². The molecular formula is C19H20BrNO. The Morgan fingerprint density at radius 2 is 2.09 bits per heavy atom. The third-order valence-electron chi connectivity index (χ3n) is 4.83. The van der Waals surface area contributed by atoms with Gasteiger partial charge in [0.15, 0.2) is 0 Å². The molecule has 0 bridgehead atoms. The van der Waals surface area contributed by atoms with Crippen molar-refractivity contribution in [1.82, 2.24) is 0 Å². The highest BCUT2D eigenvalue weighted by Gasteiger charge is 2.39. The Morgan fingerprint density at radius 3 is 2.95 bits per heavy atom. The Balaban J connectivity index is 1.79. The normalized spacial score (nSPS) is 26.7.